The molecule has 0 aliphatic carbocycles. The molecule has 2 aromatic heterocycles. The fourth-order valence-electron chi connectivity index (χ4n) is 4.41. The molecule has 1 saturated heterocycles. The van der Waals surface area contributed by atoms with Crippen molar-refractivity contribution in [3.8, 4) is 27.8 Å². The normalized spacial score (nSPS) is 15.6. The van der Waals surface area contributed by atoms with Gasteiger partial charge in [-0.15, -0.1) is 11.3 Å². The van der Waals surface area contributed by atoms with Gasteiger partial charge < -0.3 is 14.4 Å². The van der Waals surface area contributed by atoms with E-state index in [0.29, 0.717) is 18.8 Å². The van der Waals surface area contributed by atoms with Crippen LogP contribution in [0.1, 0.15) is 16.1 Å². The third-order valence-corrected chi connectivity index (χ3v) is 7.10. The van der Waals surface area contributed by atoms with Gasteiger partial charge in [0.05, 0.1) is 10.6 Å². The lowest BCUT2D eigenvalue weighted by molar-refractivity contribution is 0.0619. The molecule has 0 atom stereocenters. The van der Waals surface area contributed by atoms with Gasteiger partial charge in [0.1, 0.15) is 11.4 Å². The van der Waals surface area contributed by atoms with Crippen molar-refractivity contribution in [2.45, 2.75) is 6.54 Å². The summed E-state index contributed by atoms with van der Waals surface area (Å²) in [5.74, 6) is 1.63. The zero-order chi connectivity index (χ0) is 22.9. The van der Waals surface area contributed by atoms with E-state index in [9.17, 15) is 4.79 Å². The summed E-state index contributed by atoms with van der Waals surface area (Å²) in [6.07, 6.45) is 0. The smallest absolute Gasteiger partial charge is 0.272 e. The Kier molecular flexibility index (Phi) is 5.52. The third kappa shape index (κ3) is 4.06. The highest BCUT2D eigenvalue weighted by atomic mass is 32.1. The maximum absolute atomic E-state index is 13.6. The Hall–Kier alpha value is -3.62. The van der Waals surface area contributed by atoms with E-state index in [-0.39, 0.29) is 12.7 Å². The van der Waals surface area contributed by atoms with Gasteiger partial charge in [0.25, 0.3) is 5.91 Å². The van der Waals surface area contributed by atoms with Crippen LogP contribution in [0.2, 0.25) is 0 Å². The summed E-state index contributed by atoms with van der Waals surface area (Å²) in [5.41, 5.74) is 3.49. The first kappa shape index (κ1) is 20.9. The monoisotopic (exact) mass is 472 g/mol. The molecule has 7 nitrogen and oxygen atoms in total. The highest BCUT2D eigenvalue weighted by molar-refractivity contribution is 7.13. The quantitative estimate of drug-likeness (QED) is 0.434. The Morgan fingerprint density at radius 3 is 2.53 bits per heavy atom. The number of ether oxygens (including phenoxy) is 2. The number of nitrogens with zero attached hydrogens (tertiary/aromatic N) is 4. The zero-order valence-corrected chi connectivity index (χ0v) is 19.4. The summed E-state index contributed by atoms with van der Waals surface area (Å²) in [7, 11) is 0. The van der Waals surface area contributed by atoms with E-state index in [0.717, 1.165) is 47.4 Å². The summed E-state index contributed by atoms with van der Waals surface area (Å²) >= 11 is 1.62. The molecule has 0 unspecified atom stereocenters. The van der Waals surface area contributed by atoms with Gasteiger partial charge in [-0.3, -0.25) is 9.69 Å². The molecule has 1 fully saturated rings. The lowest BCUT2D eigenvalue weighted by atomic mass is 10.1. The molecule has 1 amide bonds. The van der Waals surface area contributed by atoms with Gasteiger partial charge >= 0.3 is 0 Å². The van der Waals surface area contributed by atoms with Gasteiger partial charge in [-0.05, 0) is 47.3 Å². The Morgan fingerprint density at radius 2 is 1.74 bits per heavy atom. The van der Waals surface area contributed by atoms with Crippen molar-refractivity contribution in [2.24, 2.45) is 0 Å². The van der Waals surface area contributed by atoms with E-state index in [1.54, 1.807) is 16.0 Å². The molecule has 0 radical (unpaired) electrons. The first-order chi connectivity index (χ1) is 16.7. The minimum absolute atomic E-state index is 0.0156. The average molecular weight is 473 g/mol. The van der Waals surface area contributed by atoms with Gasteiger partial charge in [-0.2, -0.15) is 5.10 Å². The number of para-hydroxylation sites is 1. The second kappa shape index (κ2) is 8.96. The molecule has 0 bridgehead atoms. The van der Waals surface area contributed by atoms with Gasteiger partial charge in [0.15, 0.2) is 11.5 Å². The molecular weight excluding hydrogens is 448 g/mol. The summed E-state index contributed by atoms with van der Waals surface area (Å²) in [5, 5.41) is 6.81. The van der Waals surface area contributed by atoms with Gasteiger partial charge in [-0.25, -0.2) is 4.68 Å². The minimum atomic E-state index is 0.0156. The fraction of sp³-hybridized carbons (Fsp3) is 0.231. The molecule has 2 aliphatic rings. The summed E-state index contributed by atoms with van der Waals surface area (Å²) in [4.78, 5) is 18.9. The third-order valence-electron chi connectivity index (χ3n) is 6.21. The van der Waals surface area contributed by atoms with Crippen LogP contribution in [0.3, 0.4) is 0 Å². The highest BCUT2D eigenvalue weighted by Gasteiger charge is 2.27. The van der Waals surface area contributed by atoms with Crippen molar-refractivity contribution < 1.29 is 14.3 Å². The molecule has 8 heteroatoms. The van der Waals surface area contributed by atoms with Crippen molar-refractivity contribution in [3.63, 3.8) is 0 Å². The van der Waals surface area contributed by atoms with Gasteiger partial charge in [0, 0.05) is 32.7 Å². The van der Waals surface area contributed by atoms with Gasteiger partial charge in [-0.1, -0.05) is 30.3 Å². The molecule has 34 heavy (non-hydrogen) atoms. The maximum Gasteiger partial charge on any atom is 0.272 e. The van der Waals surface area contributed by atoms with Crippen LogP contribution in [0.4, 0.5) is 0 Å². The van der Waals surface area contributed by atoms with Crippen LogP contribution in [-0.4, -0.2) is 58.5 Å². The second-order valence-electron chi connectivity index (χ2n) is 8.40. The van der Waals surface area contributed by atoms with Crippen LogP contribution in [0.5, 0.6) is 11.5 Å². The van der Waals surface area contributed by atoms with Crippen molar-refractivity contribution in [3.05, 3.63) is 83.4 Å². The number of hydrogen-bond donors (Lipinski definition) is 0. The predicted octanol–water partition coefficient (Wildman–Crippen LogP) is 4.29. The van der Waals surface area contributed by atoms with Crippen molar-refractivity contribution in [2.75, 3.05) is 33.0 Å². The number of rotatable bonds is 5. The largest absolute Gasteiger partial charge is 0.454 e. The van der Waals surface area contributed by atoms with Crippen LogP contribution in [-0.2, 0) is 6.54 Å². The van der Waals surface area contributed by atoms with Crippen LogP contribution < -0.4 is 9.47 Å². The van der Waals surface area contributed by atoms with Crippen molar-refractivity contribution >= 4 is 17.2 Å². The minimum Gasteiger partial charge on any atom is -0.454 e. The molecule has 172 valence electrons. The number of amides is 1. The molecule has 4 heterocycles. The fourth-order valence-corrected chi connectivity index (χ4v) is 5.09. The van der Waals surface area contributed by atoms with Crippen LogP contribution in [0.25, 0.3) is 16.3 Å². The SMILES string of the molecule is O=C(c1cc(-c2cccs2)nn1-c1ccccc1)N1CCN(Cc2ccc3c(c2)OCO3)CC1. The molecule has 0 spiro atoms. The first-order valence-corrected chi connectivity index (χ1v) is 12.2. The Balaban J connectivity index is 1.18. The molecule has 4 aromatic rings. The predicted molar refractivity (Wildman–Crippen MR) is 131 cm³/mol. The lowest BCUT2D eigenvalue weighted by Crippen LogP contribution is -2.48. The topological polar surface area (TPSA) is 59.8 Å². The molecule has 2 aromatic carbocycles. The number of hydrogen-bond acceptors (Lipinski definition) is 6. The van der Waals surface area contributed by atoms with E-state index in [2.05, 4.69) is 11.0 Å². The summed E-state index contributed by atoms with van der Waals surface area (Å²) in [6, 6.07) is 21.9. The molecule has 2 aliphatic heterocycles. The van der Waals surface area contributed by atoms with Crippen molar-refractivity contribution in [1.29, 1.82) is 0 Å². The number of piperazine rings is 1. The number of aromatic nitrogens is 2. The van der Waals surface area contributed by atoms with Gasteiger partial charge in [0.2, 0.25) is 6.79 Å². The van der Waals surface area contributed by atoms with E-state index in [1.807, 2.05) is 70.9 Å². The van der Waals surface area contributed by atoms with Crippen molar-refractivity contribution in [1.82, 2.24) is 19.6 Å². The van der Waals surface area contributed by atoms with Crippen LogP contribution in [0, 0.1) is 0 Å². The molecule has 0 saturated carbocycles. The number of thiophene rings is 1. The Morgan fingerprint density at radius 1 is 0.912 bits per heavy atom. The van der Waals surface area contributed by atoms with Crippen LogP contribution in [0.15, 0.2) is 72.1 Å². The van der Waals surface area contributed by atoms with E-state index < -0.39 is 0 Å². The highest BCUT2D eigenvalue weighted by Crippen LogP contribution is 2.33. The number of benzene rings is 2. The first-order valence-electron chi connectivity index (χ1n) is 11.3. The number of carbonyl (C=O) groups excluding carboxylic acids is 1. The van der Waals surface area contributed by atoms with Crippen LogP contribution >= 0.6 is 11.3 Å². The zero-order valence-electron chi connectivity index (χ0n) is 18.6. The molecule has 0 N–H and O–H groups in total. The molecule has 6 rings (SSSR count). The number of fused-ring (bicyclic) bond motifs is 1. The summed E-state index contributed by atoms with van der Waals surface area (Å²) in [6.45, 7) is 4.10. The Bertz CT molecular complexity index is 1300. The average Bonchev–Trinajstić information content (AvgIpc) is 3.65. The van der Waals surface area contributed by atoms with E-state index in [4.69, 9.17) is 14.6 Å². The molecular formula is C26H24N4O3S. The Labute approximate surface area is 201 Å². The van der Waals surface area contributed by atoms with E-state index >= 15 is 0 Å². The standard InChI is InChI=1S/C26H24N4O3S/c31-26(22-16-21(25-7-4-14-34-25)27-30(22)20-5-2-1-3-6-20)29-12-10-28(11-13-29)17-19-8-9-23-24(15-19)33-18-32-23/h1-9,14-16H,10-13,17-18H2. The lowest BCUT2D eigenvalue weighted by Gasteiger charge is -2.34. The second-order valence-corrected chi connectivity index (χ2v) is 9.34. The summed E-state index contributed by atoms with van der Waals surface area (Å²) < 4.78 is 12.7. The maximum atomic E-state index is 13.6. The number of carbonyl (C=O) groups is 1. The van der Waals surface area contributed by atoms with E-state index in [1.165, 1.54) is 5.56 Å².